The van der Waals surface area contributed by atoms with Gasteiger partial charge in [-0.1, -0.05) is 36.4 Å². The molecular weight excluding hydrogens is 456 g/mol. The number of esters is 1. The molecule has 184 valence electrons. The second-order valence-corrected chi connectivity index (χ2v) is 7.79. The molecule has 4 rings (SSSR count). The van der Waals surface area contributed by atoms with Gasteiger partial charge in [0.1, 0.15) is 23.9 Å². The first kappa shape index (κ1) is 24.6. The quantitative estimate of drug-likeness (QED) is 0.279. The monoisotopic (exact) mass is 484 g/mol. The molecule has 7 nitrogen and oxygen atoms in total. The summed E-state index contributed by atoms with van der Waals surface area (Å²) in [6.07, 6.45) is 3.50. The van der Waals surface area contributed by atoms with Crippen LogP contribution in [0.1, 0.15) is 30.5 Å². The summed E-state index contributed by atoms with van der Waals surface area (Å²) in [5.74, 6) is 1.88. The third-order valence-corrected chi connectivity index (χ3v) is 5.57. The molecule has 0 unspecified atom stereocenters. The molecule has 0 N–H and O–H groups in total. The van der Waals surface area contributed by atoms with Gasteiger partial charge in [-0.3, -0.25) is 0 Å². The van der Waals surface area contributed by atoms with Crippen LogP contribution in [0.15, 0.2) is 89.7 Å². The summed E-state index contributed by atoms with van der Waals surface area (Å²) in [7, 11) is 2.96. The molecule has 0 amide bonds. The van der Waals surface area contributed by atoms with Crippen molar-refractivity contribution >= 4 is 23.6 Å². The molecule has 3 aromatic rings. The minimum Gasteiger partial charge on any atom is -0.497 e. The number of allylic oxidation sites excluding steroid dienone is 1. The average Bonchev–Trinajstić information content (AvgIpc) is 2.92. The van der Waals surface area contributed by atoms with Crippen LogP contribution in [-0.4, -0.2) is 31.4 Å². The summed E-state index contributed by atoms with van der Waals surface area (Å²) in [6, 6.07) is 22.7. The maximum atomic E-state index is 13.0. The van der Waals surface area contributed by atoms with Crippen LogP contribution < -0.4 is 9.47 Å². The number of carbonyl (C=O) groups excluding carboxylic acids is 1. The zero-order valence-electron chi connectivity index (χ0n) is 20.7. The Morgan fingerprint density at radius 2 is 1.58 bits per heavy atom. The second kappa shape index (κ2) is 11.3. The molecule has 0 atom stereocenters. The summed E-state index contributed by atoms with van der Waals surface area (Å²) in [5, 5.41) is 6.02. The maximum absolute atomic E-state index is 13.0. The summed E-state index contributed by atoms with van der Waals surface area (Å²) in [5.41, 5.74) is 3.43. The van der Waals surface area contributed by atoms with Crippen molar-refractivity contribution < 1.29 is 23.7 Å². The smallest absolute Gasteiger partial charge is 0.360 e. The molecule has 0 aliphatic carbocycles. The highest BCUT2D eigenvalue weighted by Crippen LogP contribution is 2.42. The zero-order valence-corrected chi connectivity index (χ0v) is 20.7. The molecular formula is C29H28N2O5. The van der Waals surface area contributed by atoms with Gasteiger partial charge >= 0.3 is 5.97 Å². The Bertz CT molecular complexity index is 1310. The number of ether oxygens (including phenoxy) is 4. The van der Waals surface area contributed by atoms with Crippen LogP contribution in [0.2, 0.25) is 0 Å². The van der Waals surface area contributed by atoms with Gasteiger partial charge in [0.2, 0.25) is 0 Å². The lowest BCUT2D eigenvalue weighted by atomic mass is 9.96. The lowest BCUT2D eigenvalue weighted by molar-refractivity contribution is -0.137. The fraction of sp³-hybridized carbons (Fsp3) is 0.172. The number of hydrogen-bond acceptors (Lipinski definition) is 7. The average molecular weight is 485 g/mol. The van der Waals surface area contributed by atoms with E-state index < -0.39 is 5.97 Å². The van der Waals surface area contributed by atoms with E-state index >= 15 is 0 Å². The topological polar surface area (TPSA) is 69.6 Å². The van der Waals surface area contributed by atoms with Gasteiger partial charge in [-0.2, -0.15) is 5.10 Å². The van der Waals surface area contributed by atoms with Crippen LogP contribution in [0.3, 0.4) is 0 Å². The molecule has 1 heterocycles. The Hall–Kier alpha value is -4.52. The van der Waals surface area contributed by atoms with E-state index in [9.17, 15) is 4.79 Å². The SMILES string of the molecule is C/C=N\N1C(C(=O)OC)=C(OCc2ccccc2)c2ccc(Oc3ccc(OC)cc3)cc2/C1=C\C. The van der Waals surface area contributed by atoms with E-state index in [1.165, 1.54) is 7.11 Å². The van der Waals surface area contributed by atoms with Gasteiger partial charge in [-0.15, -0.1) is 0 Å². The number of rotatable bonds is 8. The highest BCUT2D eigenvalue weighted by atomic mass is 16.5. The Morgan fingerprint density at radius 3 is 2.22 bits per heavy atom. The van der Waals surface area contributed by atoms with Crippen molar-refractivity contribution in [3.8, 4) is 17.2 Å². The molecule has 0 saturated heterocycles. The predicted octanol–water partition coefficient (Wildman–Crippen LogP) is 6.23. The number of carbonyl (C=O) groups is 1. The molecule has 0 bridgehead atoms. The summed E-state index contributed by atoms with van der Waals surface area (Å²) in [4.78, 5) is 13.0. The van der Waals surface area contributed by atoms with Gasteiger partial charge in [0.05, 0.1) is 19.9 Å². The van der Waals surface area contributed by atoms with Crippen LogP contribution >= 0.6 is 0 Å². The maximum Gasteiger partial charge on any atom is 0.360 e. The molecule has 0 aromatic heterocycles. The largest absolute Gasteiger partial charge is 0.497 e. The number of benzene rings is 3. The van der Waals surface area contributed by atoms with Crippen molar-refractivity contribution in [1.82, 2.24) is 5.01 Å². The van der Waals surface area contributed by atoms with Gasteiger partial charge in [0.15, 0.2) is 11.5 Å². The first-order valence-corrected chi connectivity index (χ1v) is 11.5. The first-order valence-electron chi connectivity index (χ1n) is 11.5. The van der Waals surface area contributed by atoms with Crippen LogP contribution in [0.5, 0.6) is 17.2 Å². The normalized spacial score (nSPS) is 14.1. The van der Waals surface area contributed by atoms with E-state index in [-0.39, 0.29) is 12.3 Å². The molecule has 1 aliphatic heterocycles. The van der Waals surface area contributed by atoms with Crippen LogP contribution in [0.4, 0.5) is 0 Å². The van der Waals surface area contributed by atoms with Crippen LogP contribution in [-0.2, 0) is 20.9 Å². The van der Waals surface area contributed by atoms with Crippen molar-refractivity contribution in [3.63, 3.8) is 0 Å². The fourth-order valence-corrected chi connectivity index (χ4v) is 3.90. The first-order chi connectivity index (χ1) is 17.6. The second-order valence-electron chi connectivity index (χ2n) is 7.79. The molecule has 3 aromatic carbocycles. The number of methoxy groups -OCH3 is 2. The molecule has 1 aliphatic rings. The Labute approximate surface area is 210 Å². The summed E-state index contributed by atoms with van der Waals surface area (Å²) in [6.45, 7) is 3.94. The van der Waals surface area contributed by atoms with E-state index in [0.29, 0.717) is 23.0 Å². The predicted molar refractivity (Wildman–Crippen MR) is 139 cm³/mol. The van der Waals surface area contributed by atoms with E-state index in [1.54, 1.807) is 25.3 Å². The zero-order chi connectivity index (χ0) is 25.5. The highest BCUT2D eigenvalue weighted by molar-refractivity contribution is 6.01. The lowest BCUT2D eigenvalue weighted by Gasteiger charge is -2.32. The number of hydrogen-bond donors (Lipinski definition) is 0. The molecule has 0 saturated carbocycles. The van der Waals surface area contributed by atoms with Gasteiger partial charge in [-0.25, -0.2) is 9.80 Å². The third-order valence-electron chi connectivity index (χ3n) is 5.57. The number of fused-ring (bicyclic) bond motifs is 1. The van der Waals surface area contributed by atoms with E-state index in [1.807, 2.05) is 85.8 Å². The van der Waals surface area contributed by atoms with Gasteiger partial charge in [0.25, 0.3) is 0 Å². The standard InChI is InChI=1S/C29H28N2O5/c1-5-26-25-18-23(36-22-14-12-21(33-3)13-15-22)16-17-24(25)28(35-19-20-10-8-7-9-11-20)27(29(32)34-4)31(26)30-6-2/h5-18H,19H2,1-4H3/b26-5+,30-6-. The van der Waals surface area contributed by atoms with Crippen molar-refractivity contribution in [2.45, 2.75) is 20.5 Å². The highest BCUT2D eigenvalue weighted by Gasteiger charge is 2.35. The fourth-order valence-electron chi connectivity index (χ4n) is 3.90. The molecule has 0 spiro atoms. The van der Waals surface area contributed by atoms with Crippen molar-refractivity contribution in [2.24, 2.45) is 5.10 Å². The Morgan fingerprint density at radius 1 is 0.889 bits per heavy atom. The van der Waals surface area contributed by atoms with Gasteiger partial charge in [-0.05, 0) is 61.9 Å². The number of nitrogens with zero attached hydrogens (tertiary/aromatic N) is 2. The Balaban J connectivity index is 1.80. The van der Waals surface area contributed by atoms with Crippen LogP contribution in [0.25, 0.3) is 11.5 Å². The molecule has 36 heavy (non-hydrogen) atoms. The summed E-state index contributed by atoms with van der Waals surface area (Å²) < 4.78 is 22.7. The van der Waals surface area contributed by atoms with E-state index in [0.717, 1.165) is 22.4 Å². The van der Waals surface area contributed by atoms with Crippen molar-refractivity contribution in [3.05, 3.63) is 101 Å². The van der Waals surface area contributed by atoms with Gasteiger partial charge in [0, 0.05) is 17.3 Å². The minimum absolute atomic E-state index is 0.205. The summed E-state index contributed by atoms with van der Waals surface area (Å²) >= 11 is 0. The van der Waals surface area contributed by atoms with E-state index in [4.69, 9.17) is 18.9 Å². The molecule has 0 radical (unpaired) electrons. The van der Waals surface area contributed by atoms with Crippen LogP contribution in [0, 0.1) is 0 Å². The lowest BCUT2D eigenvalue weighted by Crippen LogP contribution is -2.29. The van der Waals surface area contributed by atoms with E-state index in [2.05, 4.69) is 5.10 Å². The van der Waals surface area contributed by atoms with Crippen molar-refractivity contribution in [1.29, 1.82) is 0 Å². The van der Waals surface area contributed by atoms with Gasteiger partial charge < -0.3 is 18.9 Å². The Kier molecular flexibility index (Phi) is 7.70. The van der Waals surface area contributed by atoms with Crippen molar-refractivity contribution in [2.75, 3.05) is 14.2 Å². The number of hydrazone groups is 1. The molecule has 0 fully saturated rings. The minimum atomic E-state index is -0.549. The molecule has 7 heteroatoms. The third kappa shape index (κ3) is 5.10.